The van der Waals surface area contributed by atoms with Gasteiger partial charge < -0.3 is 14.7 Å². The lowest BCUT2D eigenvalue weighted by molar-refractivity contribution is -0.141. The Morgan fingerprint density at radius 3 is 3.00 bits per heavy atom. The molecule has 2 rings (SSSR count). The van der Waals surface area contributed by atoms with E-state index in [-0.39, 0.29) is 12.0 Å². The molecule has 0 saturated carbocycles. The zero-order chi connectivity index (χ0) is 13.8. The van der Waals surface area contributed by atoms with E-state index in [4.69, 9.17) is 9.84 Å². The van der Waals surface area contributed by atoms with Gasteiger partial charge in [0.15, 0.2) is 0 Å². The summed E-state index contributed by atoms with van der Waals surface area (Å²) in [4.78, 5) is 21.3. The summed E-state index contributed by atoms with van der Waals surface area (Å²) >= 11 is 0. The number of aromatic nitrogens is 2. The van der Waals surface area contributed by atoms with E-state index in [1.807, 2.05) is 18.7 Å². The lowest BCUT2D eigenvalue weighted by Crippen LogP contribution is -2.39. The van der Waals surface area contributed by atoms with Crippen LogP contribution < -0.4 is 9.64 Å². The fraction of sp³-hybridized carbons (Fsp3) is 0.615. The van der Waals surface area contributed by atoms with Gasteiger partial charge in [-0.15, -0.1) is 0 Å². The van der Waals surface area contributed by atoms with E-state index in [2.05, 4.69) is 9.97 Å². The maximum Gasteiger partial charge on any atom is 0.308 e. The van der Waals surface area contributed by atoms with Crippen LogP contribution in [0.4, 0.5) is 5.82 Å². The smallest absolute Gasteiger partial charge is 0.308 e. The minimum atomic E-state index is -0.739. The minimum absolute atomic E-state index is 0.0517. The van der Waals surface area contributed by atoms with Crippen LogP contribution in [0.2, 0.25) is 0 Å². The first-order chi connectivity index (χ1) is 9.06. The van der Waals surface area contributed by atoms with Gasteiger partial charge >= 0.3 is 5.97 Å². The first kappa shape index (κ1) is 13.6. The van der Waals surface area contributed by atoms with E-state index in [0.717, 1.165) is 25.2 Å². The Hall–Kier alpha value is -1.85. The molecule has 0 spiro atoms. The first-order valence-electron chi connectivity index (χ1n) is 6.52. The Bertz CT molecular complexity index is 451. The lowest BCUT2D eigenvalue weighted by atomic mass is 9.98. The number of carboxylic acid groups (broad SMARTS) is 1. The van der Waals surface area contributed by atoms with Crippen LogP contribution in [0.5, 0.6) is 5.88 Å². The van der Waals surface area contributed by atoms with E-state index in [0.29, 0.717) is 12.4 Å². The number of carbonyl (C=O) groups is 1. The molecule has 1 atom stereocenters. The Labute approximate surface area is 112 Å². The number of rotatable bonds is 4. The number of carboxylic acids is 1. The molecule has 0 amide bonds. The average Bonchev–Trinajstić information content (AvgIpc) is 2.38. The number of piperidine rings is 1. The summed E-state index contributed by atoms with van der Waals surface area (Å²) in [5, 5.41) is 9.09. The van der Waals surface area contributed by atoms with Crippen molar-refractivity contribution in [3.8, 4) is 5.88 Å². The molecule has 1 N–H and O–H groups in total. The molecule has 0 radical (unpaired) electrons. The predicted molar refractivity (Wildman–Crippen MR) is 70.4 cm³/mol. The molecule has 0 aromatic carbocycles. The minimum Gasteiger partial charge on any atom is -0.481 e. The maximum absolute atomic E-state index is 11.1. The van der Waals surface area contributed by atoms with Gasteiger partial charge in [0.25, 0.3) is 0 Å². The van der Waals surface area contributed by atoms with Crippen LogP contribution in [0.3, 0.4) is 0 Å². The molecule has 1 unspecified atom stereocenters. The highest BCUT2D eigenvalue weighted by Gasteiger charge is 2.26. The molecule has 19 heavy (non-hydrogen) atoms. The summed E-state index contributed by atoms with van der Waals surface area (Å²) in [6.07, 6.45) is 3.10. The highest BCUT2D eigenvalue weighted by Crippen LogP contribution is 2.23. The molecule has 1 saturated heterocycles. The summed E-state index contributed by atoms with van der Waals surface area (Å²) in [7, 11) is 0. The van der Waals surface area contributed by atoms with Crippen LogP contribution in [0.25, 0.3) is 0 Å². The molecular weight excluding hydrogens is 246 g/mol. The second-order valence-electron chi connectivity index (χ2n) is 5.00. The molecule has 1 aliphatic heterocycles. The molecule has 1 fully saturated rings. The number of hydrogen-bond acceptors (Lipinski definition) is 5. The SMILES string of the molecule is CC(C)Oc1cc(N2CCCC(C(=O)O)C2)ncn1. The van der Waals surface area contributed by atoms with E-state index < -0.39 is 5.97 Å². The third-order valence-corrected chi connectivity index (χ3v) is 3.08. The number of hydrogen-bond donors (Lipinski definition) is 1. The van der Waals surface area contributed by atoms with Crippen molar-refractivity contribution < 1.29 is 14.6 Å². The van der Waals surface area contributed by atoms with Gasteiger partial charge in [-0.25, -0.2) is 9.97 Å². The van der Waals surface area contributed by atoms with Gasteiger partial charge in [-0.3, -0.25) is 4.79 Å². The van der Waals surface area contributed by atoms with Crippen molar-refractivity contribution in [1.29, 1.82) is 0 Å². The molecule has 1 aliphatic rings. The van der Waals surface area contributed by atoms with Crippen molar-refractivity contribution in [3.05, 3.63) is 12.4 Å². The van der Waals surface area contributed by atoms with E-state index in [1.54, 1.807) is 6.07 Å². The van der Waals surface area contributed by atoms with Gasteiger partial charge in [-0.2, -0.15) is 0 Å². The van der Waals surface area contributed by atoms with E-state index in [1.165, 1.54) is 6.33 Å². The van der Waals surface area contributed by atoms with Crippen molar-refractivity contribution in [2.24, 2.45) is 5.92 Å². The summed E-state index contributed by atoms with van der Waals surface area (Å²) in [6.45, 7) is 5.18. The first-order valence-corrected chi connectivity index (χ1v) is 6.52. The fourth-order valence-electron chi connectivity index (χ4n) is 2.20. The van der Waals surface area contributed by atoms with Crippen molar-refractivity contribution in [3.63, 3.8) is 0 Å². The van der Waals surface area contributed by atoms with Gasteiger partial charge in [0, 0.05) is 19.2 Å². The lowest BCUT2D eigenvalue weighted by Gasteiger charge is -2.31. The van der Waals surface area contributed by atoms with Crippen LogP contribution in [0.1, 0.15) is 26.7 Å². The van der Waals surface area contributed by atoms with Gasteiger partial charge in [0.1, 0.15) is 12.1 Å². The summed E-state index contributed by atoms with van der Waals surface area (Å²) in [5.41, 5.74) is 0. The van der Waals surface area contributed by atoms with Crippen molar-refractivity contribution in [2.75, 3.05) is 18.0 Å². The third kappa shape index (κ3) is 3.56. The van der Waals surface area contributed by atoms with Crippen LogP contribution in [-0.2, 0) is 4.79 Å². The van der Waals surface area contributed by atoms with Crippen molar-refractivity contribution >= 4 is 11.8 Å². The predicted octanol–water partition coefficient (Wildman–Crippen LogP) is 1.56. The van der Waals surface area contributed by atoms with Gasteiger partial charge in [0.2, 0.25) is 5.88 Å². The molecule has 104 valence electrons. The van der Waals surface area contributed by atoms with Crippen LogP contribution in [-0.4, -0.2) is 40.2 Å². The standard InChI is InChI=1S/C13H19N3O3/c1-9(2)19-12-6-11(14-8-15-12)16-5-3-4-10(7-16)13(17)18/h6,8-10H,3-5,7H2,1-2H3,(H,17,18). The normalized spacial score (nSPS) is 19.5. The molecule has 1 aromatic rings. The van der Waals surface area contributed by atoms with Crippen LogP contribution in [0, 0.1) is 5.92 Å². The maximum atomic E-state index is 11.1. The highest BCUT2D eigenvalue weighted by molar-refractivity contribution is 5.71. The largest absolute Gasteiger partial charge is 0.481 e. The monoisotopic (exact) mass is 265 g/mol. The van der Waals surface area contributed by atoms with Crippen LogP contribution >= 0.6 is 0 Å². The molecule has 0 bridgehead atoms. The van der Waals surface area contributed by atoms with Crippen molar-refractivity contribution in [2.45, 2.75) is 32.8 Å². The van der Waals surface area contributed by atoms with E-state index in [9.17, 15) is 4.79 Å². The van der Waals surface area contributed by atoms with Gasteiger partial charge in [0.05, 0.1) is 12.0 Å². The van der Waals surface area contributed by atoms with Crippen molar-refractivity contribution in [1.82, 2.24) is 9.97 Å². The molecule has 2 heterocycles. The topological polar surface area (TPSA) is 75.5 Å². The second-order valence-corrected chi connectivity index (χ2v) is 5.00. The second kappa shape index (κ2) is 5.86. The third-order valence-electron chi connectivity index (χ3n) is 3.08. The number of anilines is 1. The Morgan fingerprint density at radius 2 is 2.32 bits per heavy atom. The number of ether oxygens (including phenoxy) is 1. The molecule has 6 nitrogen and oxygen atoms in total. The Kier molecular flexibility index (Phi) is 4.19. The summed E-state index contributed by atoms with van der Waals surface area (Å²) in [5.74, 6) is 0.199. The average molecular weight is 265 g/mol. The molecular formula is C13H19N3O3. The van der Waals surface area contributed by atoms with Gasteiger partial charge in [-0.05, 0) is 26.7 Å². The zero-order valence-electron chi connectivity index (χ0n) is 11.2. The summed E-state index contributed by atoms with van der Waals surface area (Å²) in [6, 6.07) is 1.77. The Balaban J connectivity index is 2.10. The molecule has 1 aromatic heterocycles. The molecule has 0 aliphatic carbocycles. The number of aliphatic carboxylic acids is 1. The number of nitrogens with zero attached hydrogens (tertiary/aromatic N) is 3. The van der Waals surface area contributed by atoms with E-state index >= 15 is 0 Å². The zero-order valence-corrected chi connectivity index (χ0v) is 11.2. The fourth-order valence-corrected chi connectivity index (χ4v) is 2.20. The molecule has 6 heteroatoms. The Morgan fingerprint density at radius 1 is 1.53 bits per heavy atom. The quantitative estimate of drug-likeness (QED) is 0.890. The van der Waals surface area contributed by atoms with Crippen LogP contribution in [0.15, 0.2) is 12.4 Å². The highest BCUT2D eigenvalue weighted by atomic mass is 16.5. The van der Waals surface area contributed by atoms with Gasteiger partial charge in [-0.1, -0.05) is 0 Å². The summed E-state index contributed by atoms with van der Waals surface area (Å²) < 4.78 is 5.53.